The molecule has 0 amide bonds. The van der Waals surface area contributed by atoms with E-state index in [2.05, 4.69) is 59.0 Å². The summed E-state index contributed by atoms with van der Waals surface area (Å²) in [5.41, 5.74) is 2.92. The van der Waals surface area contributed by atoms with E-state index in [4.69, 9.17) is 0 Å². The molecule has 5 heteroatoms. The lowest BCUT2D eigenvalue weighted by Gasteiger charge is -2.15. The first-order valence-electron chi connectivity index (χ1n) is 7.29. The van der Waals surface area contributed by atoms with Crippen LogP contribution < -0.4 is 0 Å². The van der Waals surface area contributed by atoms with Gasteiger partial charge >= 0.3 is 5.97 Å². The molecule has 2 aromatic rings. The number of hydrogen-bond acceptors (Lipinski definition) is 2. The van der Waals surface area contributed by atoms with Gasteiger partial charge in [-0.25, -0.2) is 0 Å². The third kappa shape index (κ3) is 4.59. The van der Waals surface area contributed by atoms with Crippen LogP contribution in [0.3, 0.4) is 0 Å². The quantitative estimate of drug-likeness (QED) is 0.521. The maximum atomic E-state index is 11.7. The summed E-state index contributed by atoms with van der Waals surface area (Å²) in [5.74, 6) is -0.747. The van der Waals surface area contributed by atoms with E-state index in [0.717, 1.165) is 18.3 Å². The molecule has 2 aromatic carbocycles. The van der Waals surface area contributed by atoms with Crippen molar-refractivity contribution in [3.05, 3.63) is 60.2 Å². The molecule has 3 nitrogen and oxygen atoms in total. The lowest BCUT2D eigenvalue weighted by atomic mass is 9.90. The molecule has 0 fully saturated rings. The van der Waals surface area contributed by atoms with Gasteiger partial charge in [-0.05, 0) is 86.3 Å². The minimum atomic E-state index is -0.833. The molecule has 0 spiro atoms. The topological polar surface area (TPSA) is 57.5 Å². The SMILES string of the molecule is CC(C)c1ccc([C@H](Cc2cc(I)c(O)c(I)c2)C(=O)O)cc1. The molecule has 0 aliphatic carbocycles. The molecule has 23 heavy (non-hydrogen) atoms. The fourth-order valence-corrected chi connectivity index (χ4v) is 4.33. The van der Waals surface area contributed by atoms with Gasteiger partial charge in [-0.3, -0.25) is 4.79 Å². The van der Waals surface area contributed by atoms with Crippen molar-refractivity contribution >= 4 is 51.2 Å². The zero-order valence-electron chi connectivity index (χ0n) is 12.9. The summed E-state index contributed by atoms with van der Waals surface area (Å²) in [6.07, 6.45) is 0.405. The van der Waals surface area contributed by atoms with E-state index in [1.807, 2.05) is 36.4 Å². The van der Waals surface area contributed by atoms with Crippen LogP contribution in [0.25, 0.3) is 0 Å². The molecule has 0 bridgehead atoms. The molecule has 2 rings (SSSR count). The summed E-state index contributed by atoms with van der Waals surface area (Å²) >= 11 is 4.13. The highest BCUT2D eigenvalue weighted by Gasteiger charge is 2.21. The van der Waals surface area contributed by atoms with Crippen LogP contribution in [-0.4, -0.2) is 16.2 Å². The Morgan fingerprint density at radius 3 is 1.96 bits per heavy atom. The van der Waals surface area contributed by atoms with E-state index in [-0.39, 0.29) is 5.75 Å². The van der Waals surface area contributed by atoms with Crippen molar-refractivity contribution in [2.75, 3.05) is 0 Å². The van der Waals surface area contributed by atoms with Gasteiger partial charge < -0.3 is 10.2 Å². The van der Waals surface area contributed by atoms with Crippen LogP contribution >= 0.6 is 45.2 Å². The van der Waals surface area contributed by atoms with E-state index in [1.165, 1.54) is 5.56 Å². The van der Waals surface area contributed by atoms with Gasteiger partial charge in [0.05, 0.1) is 13.1 Å². The summed E-state index contributed by atoms with van der Waals surface area (Å²) in [6, 6.07) is 11.5. The number of benzene rings is 2. The minimum Gasteiger partial charge on any atom is -0.506 e. The number of phenols is 1. The van der Waals surface area contributed by atoms with Crippen molar-refractivity contribution in [1.29, 1.82) is 0 Å². The minimum absolute atomic E-state index is 0.253. The van der Waals surface area contributed by atoms with Crippen molar-refractivity contribution < 1.29 is 15.0 Å². The number of hydrogen-bond donors (Lipinski definition) is 2. The van der Waals surface area contributed by atoms with E-state index in [9.17, 15) is 15.0 Å². The summed E-state index contributed by atoms with van der Waals surface area (Å²) in [5, 5.41) is 19.4. The summed E-state index contributed by atoms with van der Waals surface area (Å²) < 4.78 is 1.48. The first kappa shape index (κ1) is 18.5. The van der Waals surface area contributed by atoms with Gasteiger partial charge in [-0.2, -0.15) is 0 Å². The van der Waals surface area contributed by atoms with Crippen LogP contribution in [0.1, 0.15) is 42.4 Å². The van der Waals surface area contributed by atoms with Crippen molar-refractivity contribution in [2.45, 2.75) is 32.1 Å². The fraction of sp³-hybridized carbons (Fsp3) is 0.278. The number of phenolic OH excluding ortho intramolecular Hbond substituents is 1. The average Bonchev–Trinajstić information content (AvgIpc) is 2.50. The number of carboxylic acids is 1. The normalized spacial score (nSPS) is 12.4. The zero-order chi connectivity index (χ0) is 17.1. The Bertz CT molecular complexity index is 686. The monoisotopic (exact) mass is 536 g/mol. The lowest BCUT2D eigenvalue weighted by Crippen LogP contribution is -2.14. The third-order valence-corrected chi connectivity index (χ3v) is 5.46. The molecular weight excluding hydrogens is 518 g/mol. The summed E-state index contributed by atoms with van der Waals surface area (Å²) in [7, 11) is 0. The van der Waals surface area contributed by atoms with Crippen LogP contribution in [-0.2, 0) is 11.2 Å². The lowest BCUT2D eigenvalue weighted by molar-refractivity contribution is -0.138. The van der Waals surface area contributed by atoms with Crippen LogP contribution in [0.4, 0.5) is 0 Å². The highest BCUT2D eigenvalue weighted by molar-refractivity contribution is 14.1. The molecule has 122 valence electrons. The largest absolute Gasteiger partial charge is 0.506 e. The number of halogens is 2. The van der Waals surface area contributed by atoms with Gasteiger partial charge in [-0.15, -0.1) is 0 Å². The predicted octanol–water partition coefficient (Wildman–Crippen LogP) is 5.14. The van der Waals surface area contributed by atoms with Gasteiger partial charge in [0.1, 0.15) is 5.75 Å². The van der Waals surface area contributed by atoms with Crippen LogP contribution in [0.15, 0.2) is 36.4 Å². The van der Waals surface area contributed by atoms with Gasteiger partial charge in [-0.1, -0.05) is 38.1 Å². The summed E-state index contributed by atoms with van der Waals surface area (Å²) in [4.78, 5) is 11.7. The maximum absolute atomic E-state index is 11.7. The van der Waals surface area contributed by atoms with E-state index < -0.39 is 11.9 Å². The van der Waals surface area contributed by atoms with Gasteiger partial charge in [0.25, 0.3) is 0 Å². The van der Waals surface area contributed by atoms with Gasteiger partial charge in [0, 0.05) is 0 Å². The Kier molecular flexibility index (Phi) is 6.30. The maximum Gasteiger partial charge on any atom is 0.311 e. The Balaban J connectivity index is 2.31. The number of carbonyl (C=O) groups is 1. The molecule has 0 aliphatic heterocycles. The van der Waals surface area contributed by atoms with Gasteiger partial charge in [0.15, 0.2) is 0 Å². The second-order valence-electron chi connectivity index (χ2n) is 5.82. The van der Waals surface area contributed by atoms with Gasteiger partial charge in [0.2, 0.25) is 0 Å². The molecule has 0 saturated heterocycles. The van der Waals surface area contributed by atoms with Crippen LogP contribution in [0, 0.1) is 7.14 Å². The highest BCUT2D eigenvalue weighted by Crippen LogP contribution is 2.30. The summed E-state index contributed by atoms with van der Waals surface area (Å²) in [6.45, 7) is 4.23. The Morgan fingerprint density at radius 1 is 1.04 bits per heavy atom. The predicted molar refractivity (Wildman–Crippen MR) is 108 cm³/mol. The fourth-order valence-electron chi connectivity index (χ4n) is 2.43. The number of aliphatic carboxylic acids is 1. The smallest absolute Gasteiger partial charge is 0.311 e. The zero-order valence-corrected chi connectivity index (χ0v) is 17.2. The second kappa shape index (κ2) is 7.83. The Hall–Kier alpha value is -0.830. The average molecular weight is 536 g/mol. The van der Waals surface area contributed by atoms with E-state index in [0.29, 0.717) is 12.3 Å². The van der Waals surface area contributed by atoms with Crippen molar-refractivity contribution in [2.24, 2.45) is 0 Å². The number of carboxylic acid groups (broad SMARTS) is 1. The molecule has 0 aromatic heterocycles. The molecule has 2 N–H and O–H groups in total. The standard InChI is InChI=1S/C18H18I2O3/c1-10(2)12-3-5-13(6-4-12)14(18(22)23)7-11-8-15(19)17(21)16(20)9-11/h3-6,8-10,14,21H,7H2,1-2H3,(H,22,23)/t14-/m0/s1. The Morgan fingerprint density at radius 2 is 1.52 bits per heavy atom. The van der Waals surface area contributed by atoms with Crippen molar-refractivity contribution in [3.63, 3.8) is 0 Å². The van der Waals surface area contributed by atoms with E-state index >= 15 is 0 Å². The highest BCUT2D eigenvalue weighted by atomic mass is 127. The van der Waals surface area contributed by atoms with Crippen molar-refractivity contribution in [3.8, 4) is 5.75 Å². The molecule has 0 radical (unpaired) electrons. The molecule has 0 heterocycles. The molecular formula is C18H18I2O3. The van der Waals surface area contributed by atoms with Crippen LogP contribution in [0.5, 0.6) is 5.75 Å². The second-order valence-corrected chi connectivity index (χ2v) is 8.15. The molecule has 0 aliphatic rings. The van der Waals surface area contributed by atoms with Crippen LogP contribution in [0.2, 0.25) is 0 Å². The number of aromatic hydroxyl groups is 1. The Labute approximate surface area is 163 Å². The first-order chi connectivity index (χ1) is 10.8. The first-order valence-corrected chi connectivity index (χ1v) is 9.45. The van der Waals surface area contributed by atoms with Crippen molar-refractivity contribution in [1.82, 2.24) is 0 Å². The molecule has 1 atom stereocenters. The van der Waals surface area contributed by atoms with E-state index in [1.54, 1.807) is 0 Å². The molecule has 0 saturated carbocycles. The third-order valence-electron chi connectivity index (χ3n) is 3.82. The number of rotatable bonds is 5. The molecule has 0 unspecified atom stereocenters.